The van der Waals surface area contributed by atoms with Crippen LogP contribution in [-0.4, -0.2) is 42.2 Å². The number of halogens is 1. The molecule has 3 rings (SSSR count). The van der Waals surface area contributed by atoms with Gasteiger partial charge in [-0.2, -0.15) is 0 Å². The Hall–Kier alpha value is -3.79. The zero-order valence-corrected chi connectivity index (χ0v) is 19.8. The summed E-state index contributed by atoms with van der Waals surface area (Å²) >= 11 is 0. The van der Waals surface area contributed by atoms with Crippen molar-refractivity contribution in [2.24, 2.45) is 0 Å². The minimum absolute atomic E-state index is 0.116. The molecular weight excluding hydrogens is 463 g/mol. The van der Waals surface area contributed by atoms with Gasteiger partial charge in [-0.1, -0.05) is 12.1 Å². The second-order valence-electron chi connectivity index (χ2n) is 7.13. The molecule has 0 radical (unpaired) electrons. The number of carbonyl (C=O) groups excluding carboxylic acids is 1. The summed E-state index contributed by atoms with van der Waals surface area (Å²) in [4.78, 5) is 12.6. The van der Waals surface area contributed by atoms with Gasteiger partial charge in [-0.3, -0.25) is 9.10 Å². The minimum Gasteiger partial charge on any atom is -0.497 e. The average Bonchev–Trinajstić information content (AvgIpc) is 2.86. The molecule has 1 N–H and O–H groups in total. The maximum Gasteiger partial charge on any atom is 0.264 e. The molecule has 0 heterocycles. The van der Waals surface area contributed by atoms with Crippen LogP contribution >= 0.6 is 0 Å². The number of hydrogen-bond donors (Lipinski definition) is 1. The van der Waals surface area contributed by atoms with E-state index in [2.05, 4.69) is 5.32 Å². The SMILES string of the molecule is COc1cccc(CNC(=O)CN(c2ccc(F)cc2)S(=O)(=O)c2ccc(OC)c(OC)c2)c1. The fourth-order valence-electron chi connectivity index (χ4n) is 3.20. The van der Waals surface area contributed by atoms with Gasteiger partial charge in [0.15, 0.2) is 11.5 Å². The quantitative estimate of drug-likeness (QED) is 0.470. The number of methoxy groups -OCH3 is 3. The highest BCUT2D eigenvalue weighted by Crippen LogP contribution is 2.32. The van der Waals surface area contributed by atoms with Crippen molar-refractivity contribution in [3.8, 4) is 17.2 Å². The first-order valence-electron chi connectivity index (χ1n) is 10.2. The van der Waals surface area contributed by atoms with E-state index >= 15 is 0 Å². The van der Waals surface area contributed by atoms with Crippen molar-refractivity contribution in [3.63, 3.8) is 0 Å². The topological polar surface area (TPSA) is 94.2 Å². The molecule has 0 bridgehead atoms. The molecule has 3 aromatic rings. The molecule has 8 nitrogen and oxygen atoms in total. The van der Waals surface area contributed by atoms with Crippen LogP contribution in [0, 0.1) is 5.82 Å². The van der Waals surface area contributed by atoms with E-state index in [1.54, 1.807) is 24.3 Å². The molecule has 1 amide bonds. The molecule has 0 fully saturated rings. The standard InChI is InChI=1S/C24H25FN2O6S/c1-31-20-6-4-5-17(13-20)15-26-24(28)16-27(19-9-7-18(25)8-10-19)34(29,30)21-11-12-22(32-2)23(14-21)33-3/h4-14H,15-16H2,1-3H3,(H,26,28). The van der Waals surface area contributed by atoms with Crippen LogP contribution in [0.1, 0.15) is 5.56 Å². The first kappa shape index (κ1) is 24.8. The lowest BCUT2D eigenvalue weighted by molar-refractivity contribution is -0.119. The molecule has 0 atom stereocenters. The van der Waals surface area contributed by atoms with Crippen LogP contribution in [0.3, 0.4) is 0 Å². The highest BCUT2D eigenvalue weighted by atomic mass is 32.2. The van der Waals surface area contributed by atoms with Crippen LogP contribution in [-0.2, 0) is 21.4 Å². The Morgan fingerprint density at radius 2 is 1.62 bits per heavy atom. The summed E-state index contributed by atoms with van der Waals surface area (Å²) < 4.78 is 57.0. The van der Waals surface area contributed by atoms with E-state index in [-0.39, 0.29) is 22.9 Å². The molecule has 0 aliphatic carbocycles. The highest BCUT2D eigenvalue weighted by molar-refractivity contribution is 7.92. The molecule has 0 saturated heterocycles. The summed E-state index contributed by atoms with van der Waals surface area (Å²) in [5, 5.41) is 2.71. The number of amides is 1. The second kappa shape index (κ2) is 10.9. The fourth-order valence-corrected chi connectivity index (χ4v) is 4.63. The van der Waals surface area contributed by atoms with Crippen LogP contribution in [0.15, 0.2) is 71.6 Å². The van der Waals surface area contributed by atoms with Gasteiger partial charge in [-0.05, 0) is 54.1 Å². The van der Waals surface area contributed by atoms with Crippen molar-refractivity contribution in [3.05, 3.63) is 78.1 Å². The molecular formula is C24H25FN2O6S. The monoisotopic (exact) mass is 488 g/mol. The molecule has 0 aliphatic rings. The number of rotatable bonds is 10. The summed E-state index contributed by atoms with van der Waals surface area (Å²) in [6.07, 6.45) is 0. The van der Waals surface area contributed by atoms with E-state index in [0.29, 0.717) is 11.5 Å². The molecule has 0 unspecified atom stereocenters. The molecule has 0 spiro atoms. The number of ether oxygens (including phenoxy) is 3. The maximum absolute atomic E-state index is 13.5. The predicted molar refractivity (Wildman–Crippen MR) is 125 cm³/mol. The van der Waals surface area contributed by atoms with Crippen LogP contribution in [0.25, 0.3) is 0 Å². The molecule has 0 saturated carbocycles. The molecule has 0 aromatic heterocycles. The average molecular weight is 489 g/mol. The summed E-state index contributed by atoms with van der Waals surface area (Å²) in [5.41, 5.74) is 0.913. The van der Waals surface area contributed by atoms with Crippen molar-refractivity contribution in [1.82, 2.24) is 5.32 Å². The van der Waals surface area contributed by atoms with Crippen LogP contribution < -0.4 is 23.8 Å². The van der Waals surface area contributed by atoms with Crippen molar-refractivity contribution in [1.29, 1.82) is 0 Å². The molecule has 0 aliphatic heterocycles. The zero-order valence-electron chi connectivity index (χ0n) is 18.9. The van der Waals surface area contributed by atoms with E-state index in [0.717, 1.165) is 22.0 Å². The first-order chi connectivity index (χ1) is 16.3. The Balaban J connectivity index is 1.89. The van der Waals surface area contributed by atoms with Gasteiger partial charge in [0.25, 0.3) is 10.0 Å². The number of hydrogen-bond acceptors (Lipinski definition) is 6. The van der Waals surface area contributed by atoms with Crippen LogP contribution in [0.5, 0.6) is 17.2 Å². The predicted octanol–water partition coefficient (Wildman–Crippen LogP) is 3.36. The molecule has 180 valence electrons. The fraction of sp³-hybridized carbons (Fsp3) is 0.208. The van der Waals surface area contributed by atoms with E-state index in [4.69, 9.17) is 14.2 Å². The Morgan fingerprint density at radius 3 is 2.26 bits per heavy atom. The minimum atomic E-state index is -4.22. The summed E-state index contributed by atoms with van der Waals surface area (Å²) in [6.45, 7) is -0.351. The summed E-state index contributed by atoms with van der Waals surface area (Å²) in [6, 6.07) is 16.1. The lowest BCUT2D eigenvalue weighted by Gasteiger charge is -2.24. The van der Waals surface area contributed by atoms with Gasteiger partial charge >= 0.3 is 0 Å². The summed E-state index contributed by atoms with van der Waals surface area (Å²) in [5.74, 6) is 0.123. The highest BCUT2D eigenvalue weighted by Gasteiger charge is 2.28. The van der Waals surface area contributed by atoms with Crippen molar-refractivity contribution < 1.29 is 31.8 Å². The first-order valence-corrected chi connectivity index (χ1v) is 11.6. The van der Waals surface area contributed by atoms with Gasteiger partial charge in [0, 0.05) is 12.6 Å². The van der Waals surface area contributed by atoms with Gasteiger partial charge < -0.3 is 19.5 Å². The van der Waals surface area contributed by atoms with Crippen molar-refractivity contribution >= 4 is 21.6 Å². The van der Waals surface area contributed by atoms with E-state index in [1.807, 2.05) is 0 Å². The number of anilines is 1. The van der Waals surface area contributed by atoms with Gasteiger partial charge in [-0.15, -0.1) is 0 Å². The molecule has 10 heteroatoms. The number of benzene rings is 3. The molecule has 3 aromatic carbocycles. The van der Waals surface area contributed by atoms with Crippen molar-refractivity contribution in [2.45, 2.75) is 11.4 Å². The molecule has 34 heavy (non-hydrogen) atoms. The Morgan fingerprint density at radius 1 is 0.912 bits per heavy atom. The van der Waals surface area contributed by atoms with E-state index < -0.39 is 28.3 Å². The lowest BCUT2D eigenvalue weighted by atomic mass is 10.2. The largest absolute Gasteiger partial charge is 0.497 e. The number of nitrogens with one attached hydrogen (secondary N) is 1. The third kappa shape index (κ3) is 5.76. The van der Waals surface area contributed by atoms with Crippen molar-refractivity contribution in [2.75, 3.05) is 32.2 Å². The third-order valence-electron chi connectivity index (χ3n) is 4.97. The summed E-state index contributed by atoms with van der Waals surface area (Å²) in [7, 11) is 0.141. The van der Waals surface area contributed by atoms with Crippen LogP contribution in [0.4, 0.5) is 10.1 Å². The van der Waals surface area contributed by atoms with Crippen LogP contribution in [0.2, 0.25) is 0 Å². The van der Waals surface area contributed by atoms with Gasteiger partial charge in [-0.25, -0.2) is 12.8 Å². The zero-order chi connectivity index (χ0) is 24.7. The van der Waals surface area contributed by atoms with E-state index in [1.165, 1.54) is 51.7 Å². The van der Waals surface area contributed by atoms with Gasteiger partial charge in [0.05, 0.1) is 31.9 Å². The Labute approximate surface area is 197 Å². The maximum atomic E-state index is 13.5. The number of sulfonamides is 1. The van der Waals surface area contributed by atoms with Gasteiger partial charge in [0.1, 0.15) is 18.1 Å². The van der Waals surface area contributed by atoms with Gasteiger partial charge in [0.2, 0.25) is 5.91 Å². The van der Waals surface area contributed by atoms with E-state index in [9.17, 15) is 17.6 Å². The lowest BCUT2D eigenvalue weighted by Crippen LogP contribution is -2.40. The third-order valence-corrected chi connectivity index (χ3v) is 6.74. The smallest absolute Gasteiger partial charge is 0.264 e. The second-order valence-corrected chi connectivity index (χ2v) is 9.00. The number of nitrogens with zero attached hydrogens (tertiary/aromatic N) is 1. The Bertz CT molecular complexity index is 1250. The Kier molecular flexibility index (Phi) is 7.95. The number of carbonyl (C=O) groups is 1. The normalized spacial score (nSPS) is 10.9.